The highest BCUT2D eigenvalue weighted by atomic mass is 127. The molecule has 0 saturated carbocycles. The summed E-state index contributed by atoms with van der Waals surface area (Å²) in [6.07, 6.45) is 0.942. The van der Waals surface area contributed by atoms with Crippen molar-refractivity contribution in [1.82, 2.24) is 0 Å². The quantitative estimate of drug-likeness (QED) is 0.572. The van der Waals surface area contributed by atoms with Gasteiger partial charge in [-0.05, 0) is 69.6 Å². The van der Waals surface area contributed by atoms with E-state index in [4.69, 9.17) is 4.74 Å². The Hall–Kier alpha value is -0.110. The number of fused-ring (bicyclic) bond motifs is 1. The number of hydrogen-bond donors (Lipinski definition) is 1. The van der Waals surface area contributed by atoms with E-state index in [-0.39, 0.29) is 0 Å². The highest BCUT2D eigenvalue weighted by molar-refractivity contribution is 14.1. The first-order valence-electron chi connectivity index (χ1n) is 6.61. The van der Waals surface area contributed by atoms with Gasteiger partial charge in [0.05, 0.1) is 12.7 Å². The van der Waals surface area contributed by atoms with Crippen LogP contribution in [0.15, 0.2) is 39.3 Å². The molecule has 2 aromatic carbocycles. The summed E-state index contributed by atoms with van der Waals surface area (Å²) in [7, 11) is 0. The molecule has 2 nitrogen and oxygen atoms in total. The van der Waals surface area contributed by atoms with E-state index in [0.717, 1.165) is 42.4 Å². The SMILES string of the molecule is OC(Cc1cc(Br)cc2c1OCC2)c1cc(Br)ccc1I. The second-order valence-corrected chi connectivity index (χ2v) is 8.03. The summed E-state index contributed by atoms with van der Waals surface area (Å²) in [6, 6.07) is 10.1. The van der Waals surface area contributed by atoms with E-state index >= 15 is 0 Å². The molecule has 0 radical (unpaired) electrons. The normalized spacial score (nSPS) is 14.7. The summed E-state index contributed by atoms with van der Waals surface area (Å²) in [5, 5.41) is 10.6. The molecule has 0 aromatic heterocycles. The molecule has 1 unspecified atom stereocenters. The molecule has 1 aliphatic heterocycles. The molecule has 1 aliphatic rings. The predicted octanol–water partition coefficient (Wildman–Crippen LogP) is 5.03. The van der Waals surface area contributed by atoms with Crippen LogP contribution in [0.3, 0.4) is 0 Å². The molecule has 21 heavy (non-hydrogen) atoms. The van der Waals surface area contributed by atoms with Crippen LogP contribution in [0.25, 0.3) is 0 Å². The lowest BCUT2D eigenvalue weighted by molar-refractivity contribution is 0.176. The Bertz CT molecular complexity index is 688. The van der Waals surface area contributed by atoms with Crippen LogP contribution in [-0.2, 0) is 12.8 Å². The molecule has 110 valence electrons. The predicted molar refractivity (Wildman–Crippen MR) is 98.9 cm³/mol. The van der Waals surface area contributed by atoms with Gasteiger partial charge in [-0.1, -0.05) is 31.9 Å². The summed E-state index contributed by atoms with van der Waals surface area (Å²) in [6.45, 7) is 0.725. The van der Waals surface area contributed by atoms with Crippen molar-refractivity contribution in [3.05, 3.63) is 59.5 Å². The van der Waals surface area contributed by atoms with Crippen molar-refractivity contribution in [2.24, 2.45) is 0 Å². The topological polar surface area (TPSA) is 29.5 Å². The minimum absolute atomic E-state index is 0.544. The standard InChI is InChI=1S/C16H13Br2IO2/c17-11-1-2-14(19)13(8-11)15(20)7-10-6-12(18)5-9-3-4-21-16(9)10/h1-2,5-6,8,15,20H,3-4,7H2. The van der Waals surface area contributed by atoms with Gasteiger partial charge in [-0.15, -0.1) is 0 Å². The summed E-state index contributed by atoms with van der Waals surface area (Å²) < 4.78 is 8.82. The molecule has 0 aliphatic carbocycles. The number of halogens is 3. The molecule has 1 atom stereocenters. The fourth-order valence-corrected chi connectivity index (χ4v) is 4.21. The third-order valence-electron chi connectivity index (χ3n) is 3.56. The van der Waals surface area contributed by atoms with Crippen molar-refractivity contribution < 1.29 is 9.84 Å². The van der Waals surface area contributed by atoms with Crippen molar-refractivity contribution in [2.45, 2.75) is 18.9 Å². The number of benzene rings is 2. The zero-order chi connectivity index (χ0) is 15.0. The third kappa shape index (κ3) is 3.46. The first kappa shape index (κ1) is 15.8. The van der Waals surface area contributed by atoms with E-state index in [0.29, 0.717) is 6.42 Å². The lowest BCUT2D eigenvalue weighted by atomic mass is 9.99. The minimum Gasteiger partial charge on any atom is -0.493 e. The molecule has 0 fully saturated rings. The van der Waals surface area contributed by atoms with Gasteiger partial charge in [-0.25, -0.2) is 0 Å². The number of aliphatic hydroxyl groups excluding tert-OH is 1. The van der Waals surface area contributed by atoms with Crippen molar-refractivity contribution in [3.63, 3.8) is 0 Å². The summed E-state index contributed by atoms with van der Waals surface area (Å²) in [4.78, 5) is 0. The van der Waals surface area contributed by atoms with Gasteiger partial charge in [0, 0.05) is 25.4 Å². The highest BCUT2D eigenvalue weighted by Crippen LogP contribution is 2.36. The van der Waals surface area contributed by atoms with E-state index in [1.54, 1.807) is 0 Å². The van der Waals surface area contributed by atoms with Gasteiger partial charge in [-0.2, -0.15) is 0 Å². The van der Waals surface area contributed by atoms with Crippen LogP contribution in [0.1, 0.15) is 22.8 Å². The molecular weight excluding hydrogens is 511 g/mol. The second kappa shape index (κ2) is 6.56. The van der Waals surface area contributed by atoms with E-state index in [9.17, 15) is 5.11 Å². The smallest absolute Gasteiger partial charge is 0.125 e. The molecule has 1 N–H and O–H groups in total. The lowest BCUT2D eigenvalue weighted by Crippen LogP contribution is -2.05. The molecule has 0 saturated heterocycles. The van der Waals surface area contributed by atoms with Crippen molar-refractivity contribution in [2.75, 3.05) is 6.61 Å². The van der Waals surface area contributed by atoms with E-state index in [1.165, 1.54) is 5.56 Å². The lowest BCUT2D eigenvalue weighted by Gasteiger charge is -2.16. The first-order valence-corrected chi connectivity index (χ1v) is 9.28. The highest BCUT2D eigenvalue weighted by Gasteiger charge is 2.21. The van der Waals surface area contributed by atoms with Crippen LogP contribution in [0.2, 0.25) is 0 Å². The molecule has 0 amide bonds. The van der Waals surface area contributed by atoms with Crippen molar-refractivity contribution in [1.29, 1.82) is 0 Å². The molecule has 3 rings (SSSR count). The monoisotopic (exact) mass is 522 g/mol. The van der Waals surface area contributed by atoms with Crippen molar-refractivity contribution >= 4 is 54.5 Å². The van der Waals surface area contributed by atoms with Gasteiger partial charge in [0.15, 0.2) is 0 Å². The van der Waals surface area contributed by atoms with E-state index in [1.807, 2.05) is 24.3 Å². The molecule has 1 heterocycles. The Labute approximate surface area is 154 Å². The van der Waals surface area contributed by atoms with Crippen molar-refractivity contribution in [3.8, 4) is 5.75 Å². The van der Waals surface area contributed by atoms with Crippen LogP contribution < -0.4 is 4.74 Å². The first-order chi connectivity index (χ1) is 10.0. The minimum atomic E-state index is -0.544. The Balaban J connectivity index is 1.92. The van der Waals surface area contributed by atoms with Crippen LogP contribution in [0.5, 0.6) is 5.75 Å². The largest absolute Gasteiger partial charge is 0.493 e. The zero-order valence-corrected chi connectivity index (χ0v) is 16.4. The Kier molecular flexibility index (Phi) is 4.93. The second-order valence-electron chi connectivity index (χ2n) is 5.04. The van der Waals surface area contributed by atoms with Crippen LogP contribution in [0, 0.1) is 3.57 Å². The van der Waals surface area contributed by atoms with Gasteiger partial charge >= 0.3 is 0 Å². The Morgan fingerprint density at radius 1 is 1.19 bits per heavy atom. The van der Waals surface area contributed by atoms with Gasteiger partial charge in [0.2, 0.25) is 0 Å². The van der Waals surface area contributed by atoms with Gasteiger partial charge < -0.3 is 9.84 Å². The third-order valence-corrected chi connectivity index (χ3v) is 5.49. The van der Waals surface area contributed by atoms with E-state index < -0.39 is 6.10 Å². The molecule has 0 spiro atoms. The Morgan fingerprint density at radius 3 is 2.81 bits per heavy atom. The summed E-state index contributed by atoms with van der Waals surface area (Å²) in [5.41, 5.74) is 3.22. The summed E-state index contributed by atoms with van der Waals surface area (Å²) >= 11 is 9.26. The maximum atomic E-state index is 10.6. The molecule has 5 heteroatoms. The van der Waals surface area contributed by atoms with Crippen LogP contribution >= 0.6 is 54.5 Å². The number of ether oxygens (including phenoxy) is 1. The molecule has 0 bridgehead atoms. The fraction of sp³-hybridized carbons (Fsp3) is 0.250. The average Bonchev–Trinajstić information content (AvgIpc) is 2.89. The average molecular weight is 524 g/mol. The number of rotatable bonds is 3. The zero-order valence-electron chi connectivity index (χ0n) is 11.1. The molecular formula is C16H13Br2IO2. The number of aliphatic hydroxyl groups is 1. The maximum absolute atomic E-state index is 10.6. The van der Waals surface area contributed by atoms with Gasteiger partial charge in [-0.3, -0.25) is 0 Å². The van der Waals surface area contributed by atoms with Crippen LogP contribution in [-0.4, -0.2) is 11.7 Å². The fourth-order valence-electron chi connectivity index (χ4n) is 2.59. The van der Waals surface area contributed by atoms with Crippen LogP contribution in [0.4, 0.5) is 0 Å². The number of hydrogen-bond acceptors (Lipinski definition) is 2. The van der Waals surface area contributed by atoms with E-state index in [2.05, 4.69) is 60.5 Å². The maximum Gasteiger partial charge on any atom is 0.125 e. The van der Waals surface area contributed by atoms with Gasteiger partial charge in [0.1, 0.15) is 5.75 Å². The molecule has 2 aromatic rings. The Morgan fingerprint density at radius 2 is 2.00 bits per heavy atom. The van der Waals surface area contributed by atoms with Gasteiger partial charge in [0.25, 0.3) is 0 Å². The summed E-state index contributed by atoms with van der Waals surface area (Å²) in [5.74, 6) is 0.947.